The highest BCUT2D eigenvalue weighted by molar-refractivity contribution is 6.30. The quantitative estimate of drug-likeness (QED) is 0.858. The number of halogens is 1. The molecule has 0 saturated carbocycles. The number of benzene rings is 1. The minimum absolute atomic E-state index is 0.152. The van der Waals surface area contributed by atoms with Crippen LogP contribution in [0.5, 0.6) is 0 Å². The molecule has 16 heavy (non-hydrogen) atoms. The van der Waals surface area contributed by atoms with Gasteiger partial charge in [-0.05, 0) is 49.6 Å². The topological polar surface area (TPSA) is 23.5 Å². The molecule has 1 aliphatic heterocycles. The summed E-state index contributed by atoms with van der Waals surface area (Å²) < 4.78 is 0. The number of piperidine rings is 1. The van der Waals surface area contributed by atoms with Gasteiger partial charge in [0.25, 0.3) is 0 Å². The Balaban J connectivity index is 2.02. The smallest absolute Gasteiger partial charge is 0.0667 e. The summed E-state index contributed by atoms with van der Waals surface area (Å²) in [6.45, 7) is 4.88. The molecule has 1 saturated heterocycles. The highest BCUT2D eigenvalue weighted by Gasteiger charge is 2.17. The van der Waals surface area contributed by atoms with Crippen molar-refractivity contribution in [2.75, 3.05) is 13.1 Å². The van der Waals surface area contributed by atoms with Crippen molar-refractivity contribution in [3.8, 4) is 0 Å². The first-order valence-corrected chi connectivity index (χ1v) is 6.18. The Labute approximate surface area is 102 Å². The second-order valence-electron chi connectivity index (χ2n) is 4.60. The van der Waals surface area contributed by atoms with Crippen LogP contribution < -0.4 is 0 Å². The summed E-state index contributed by atoms with van der Waals surface area (Å²) in [6.07, 6.45) is 1.88. The van der Waals surface area contributed by atoms with Gasteiger partial charge in [0.05, 0.1) is 6.10 Å². The van der Waals surface area contributed by atoms with Crippen LogP contribution in [0.4, 0.5) is 0 Å². The maximum Gasteiger partial charge on any atom is 0.0667 e. The molecular weight excluding hydrogens is 222 g/mol. The molecule has 0 unspecified atom stereocenters. The number of β-amino-alcohol motifs (C(OH)–C–C–N with tert-alkyl or cyclic N) is 1. The molecule has 2 rings (SSSR count). The second-order valence-corrected chi connectivity index (χ2v) is 5.04. The fourth-order valence-corrected chi connectivity index (χ4v) is 2.48. The van der Waals surface area contributed by atoms with Crippen LogP contribution in [-0.2, 0) is 6.54 Å². The molecule has 0 spiro atoms. The largest absolute Gasteiger partial charge is 0.392 e. The monoisotopic (exact) mass is 239 g/mol. The molecular formula is C13H18ClNO. The predicted octanol–water partition coefficient (Wildman–Crippen LogP) is 2.61. The van der Waals surface area contributed by atoms with E-state index in [4.69, 9.17) is 11.6 Å². The molecule has 0 radical (unpaired) electrons. The van der Waals surface area contributed by atoms with Crippen LogP contribution in [0.3, 0.4) is 0 Å². The summed E-state index contributed by atoms with van der Waals surface area (Å²) in [6, 6.07) is 6.01. The molecule has 1 fully saturated rings. The third kappa shape index (κ3) is 2.97. The lowest BCUT2D eigenvalue weighted by Gasteiger charge is -2.30. The van der Waals surface area contributed by atoms with Gasteiger partial charge in [0.2, 0.25) is 0 Å². The molecule has 1 atom stereocenters. The lowest BCUT2D eigenvalue weighted by atomic mass is 10.0. The Kier molecular flexibility index (Phi) is 3.85. The summed E-state index contributed by atoms with van der Waals surface area (Å²) in [5.41, 5.74) is 2.53. The van der Waals surface area contributed by atoms with Crippen LogP contribution in [-0.4, -0.2) is 29.2 Å². The van der Waals surface area contributed by atoms with Crippen molar-refractivity contribution in [2.24, 2.45) is 0 Å². The van der Waals surface area contributed by atoms with E-state index in [1.807, 2.05) is 12.1 Å². The first kappa shape index (κ1) is 11.9. The Bertz CT molecular complexity index is 367. The van der Waals surface area contributed by atoms with E-state index in [2.05, 4.69) is 17.9 Å². The van der Waals surface area contributed by atoms with E-state index in [1.54, 1.807) is 0 Å². The number of aryl methyl sites for hydroxylation is 1. The fourth-order valence-electron chi connectivity index (χ4n) is 2.25. The summed E-state index contributed by atoms with van der Waals surface area (Å²) in [4.78, 5) is 2.31. The molecule has 0 amide bonds. The number of hydrogen-bond donors (Lipinski definition) is 1. The lowest BCUT2D eigenvalue weighted by Crippen LogP contribution is -2.37. The minimum atomic E-state index is -0.152. The van der Waals surface area contributed by atoms with Gasteiger partial charge in [-0.15, -0.1) is 0 Å². The van der Waals surface area contributed by atoms with Gasteiger partial charge < -0.3 is 5.11 Å². The predicted molar refractivity (Wildman–Crippen MR) is 66.7 cm³/mol. The molecule has 88 valence electrons. The SMILES string of the molecule is Cc1cc(Cl)ccc1CN1CCC[C@@H](O)C1. The average molecular weight is 240 g/mol. The molecule has 0 aromatic heterocycles. The van der Waals surface area contributed by atoms with E-state index >= 15 is 0 Å². The summed E-state index contributed by atoms with van der Waals surface area (Å²) in [7, 11) is 0. The highest BCUT2D eigenvalue weighted by Crippen LogP contribution is 2.19. The van der Waals surface area contributed by atoms with Crippen LogP contribution in [0.1, 0.15) is 24.0 Å². The molecule has 1 N–H and O–H groups in total. The number of hydrogen-bond acceptors (Lipinski definition) is 2. The van der Waals surface area contributed by atoms with Crippen molar-refractivity contribution in [2.45, 2.75) is 32.4 Å². The van der Waals surface area contributed by atoms with Crippen molar-refractivity contribution < 1.29 is 5.11 Å². The Morgan fingerprint density at radius 1 is 1.50 bits per heavy atom. The number of rotatable bonds is 2. The minimum Gasteiger partial charge on any atom is -0.392 e. The summed E-state index contributed by atoms with van der Waals surface area (Å²) in [5, 5.41) is 10.4. The number of aliphatic hydroxyl groups is 1. The number of nitrogens with zero attached hydrogens (tertiary/aromatic N) is 1. The van der Waals surface area contributed by atoms with Gasteiger partial charge in [-0.1, -0.05) is 17.7 Å². The van der Waals surface area contributed by atoms with Gasteiger partial charge in [-0.3, -0.25) is 4.90 Å². The first-order valence-electron chi connectivity index (χ1n) is 5.80. The summed E-state index contributed by atoms with van der Waals surface area (Å²) in [5.74, 6) is 0. The van der Waals surface area contributed by atoms with Crippen LogP contribution in [0.25, 0.3) is 0 Å². The normalized spacial score (nSPS) is 22.3. The van der Waals surface area contributed by atoms with Crippen LogP contribution in [0, 0.1) is 6.92 Å². The first-order chi connectivity index (χ1) is 7.65. The van der Waals surface area contributed by atoms with E-state index in [9.17, 15) is 5.11 Å². The molecule has 1 aromatic carbocycles. The molecule has 1 aliphatic rings. The molecule has 2 nitrogen and oxygen atoms in total. The maximum absolute atomic E-state index is 9.61. The van der Waals surface area contributed by atoms with Crippen LogP contribution >= 0.6 is 11.6 Å². The molecule has 0 bridgehead atoms. The lowest BCUT2D eigenvalue weighted by molar-refractivity contribution is 0.0667. The molecule has 1 heterocycles. The van der Waals surface area contributed by atoms with Gasteiger partial charge in [0.15, 0.2) is 0 Å². The average Bonchev–Trinajstić information content (AvgIpc) is 2.22. The van der Waals surface area contributed by atoms with Crippen molar-refractivity contribution >= 4 is 11.6 Å². The fraction of sp³-hybridized carbons (Fsp3) is 0.538. The Morgan fingerprint density at radius 2 is 2.31 bits per heavy atom. The third-order valence-corrected chi connectivity index (χ3v) is 3.41. The third-order valence-electron chi connectivity index (χ3n) is 3.18. The standard InChI is InChI=1S/C13H18ClNO/c1-10-7-12(14)5-4-11(10)8-15-6-2-3-13(16)9-15/h4-5,7,13,16H,2-3,6,8-9H2,1H3/t13-/m1/s1. The highest BCUT2D eigenvalue weighted by atomic mass is 35.5. The van der Waals surface area contributed by atoms with Crippen molar-refractivity contribution in [3.63, 3.8) is 0 Å². The van der Waals surface area contributed by atoms with Crippen molar-refractivity contribution in [1.82, 2.24) is 4.90 Å². The van der Waals surface area contributed by atoms with Crippen LogP contribution in [0.15, 0.2) is 18.2 Å². The van der Waals surface area contributed by atoms with Crippen LogP contribution in [0.2, 0.25) is 5.02 Å². The zero-order valence-corrected chi connectivity index (χ0v) is 10.4. The Morgan fingerprint density at radius 3 is 3.00 bits per heavy atom. The molecule has 3 heteroatoms. The van der Waals surface area contributed by atoms with E-state index in [0.717, 1.165) is 37.5 Å². The zero-order valence-electron chi connectivity index (χ0n) is 9.62. The Hall–Kier alpha value is -0.570. The van der Waals surface area contributed by atoms with Gasteiger partial charge in [0.1, 0.15) is 0 Å². The number of aliphatic hydroxyl groups excluding tert-OH is 1. The van der Waals surface area contributed by atoms with Gasteiger partial charge >= 0.3 is 0 Å². The van der Waals surface area contributed by atoms with E-state index in [0.29, 0.717) is 0 Å². The van der Waals surface area contributed by atoms with Gasteiger partial charge in [-0.25, -0.2) is 0 Å². The molecule has 0 aliphatic carbocycles. The van der Waals surface area contributed by atoms with Crippen molar-refractivity contribution in [3.05, 3.63) is 34.3 Å². The maximum atomic E-state index is 9.61. The van der Waals surface area contributed by atoms with E-state index < -0.39 is 0 Å². The molecule has 1 aromatic rings. The van der Waals surface area contributed by atoms with Crippen molar-refractivity contribution in [1.29, 1.82) is 0 Å². The number of likely N-dealkylation sites (tertiary alicyclic amines) is 1. The van der Waals surface area contributed by atoms with E-state index in [-0.39, 0.29) is 6.10 Å². The second kappa shape index (κ2) is 5.17. The van der Waals surface area contributed by atoms with E-state index in [1.165, 1.54) is 11.1 Å². The van der Waals surface area contributed by atoms with Gasteiger partial charge in [-0.2, -0.15) is 0 Å². The zero-order chi connectivity index (χ0) is 11.5. The summed E-state index contributed by atoms with van der Waals surface area (Å²) >= 11 is 5.93. The van der Waals surface area contributed by atoms with Gasteiger partial charge in [0, 0.05) is 18.1 Å².